The Bertz CT molecular complexity index is 558. The van der Waals surface area contributed by atoms with E-state index in [9.17, 15) is 4.79 Å². The molecule has 0 bridgehead atoms. The van der Waals surface area contributed by atoms with Crippen LogP contribution in [-0.4, -0.2) is 49.7 Å². The van der Waals surface area contributed by atoms with Gasteiger partial charge in [0.1, 0.15) is 31.4 Å². The summed E-state index contributed by atoms with van der Waals surface area (Å²) in [7, 11) is 0. The molecule has 3 N–H and O–H groups in total. The highest BCUT2D eigenvalue weighted by atomic mass is 16.6. The monoisotopic (exact) mass is 351 g/mol. The van der Waals surface area contributed by atoms with Crippen molar-refractivity contribution in [3.8, 4) is 0 Å². The minimum Gasteiger partial charge on any atom is -0.463 e. The van der Waals surface area contributed by atoms with E-state index in [1.165, 1.54) is 19.3 Å². The normalized spacial score (nSPS) is 32.5. The number of quaternary nitrogens is 1. The van der Waals surface area contributed by atoms with Crippen molar-refractivity contribution in [2.45, 2.75) is 69.0 Å². The van der Waals surface area contributed by atoms with E-state index >= 15 is 0 Å². The van der Waals surface area contributed by atoms with Crippen molar-refractivity contribution in [3.63, 3.8) is 0 Å². The molecule has 2 aliphatic heterocycles. The van der Waals surface area contributed by atoms with Crippen molar-refractivity contribution in [1.82, 2.24) is 5.32 Å². The number of hydrogen-bond acceptors (Lipinski definition) is 5. The van der Waals surface area contributed by atoms with Gasteiger partial charge in [0.15, 0.2) is 11.9 Å². The first kappa shape index (κ1) is 16.9. The van der Waals surface area contributed by atoms with E-state index in [0.717, 1.165) is 25.1 Å². The Morgan fingerprint density at radius 2 is 2.04 bits per heavy atom. The highest BCUT2D eigenvalue weighted by molar-refractivity contribution is 5.68. The summed E-state index contributed by atoms with van der Waals surface area (Å²) < 4.78 is 22.7. The summed E-state index contributed by atoms with van der Waals surface area (Å²) in [5, 5.41) is 5.16. The topological polar surface area (TPSA) is 86.5 Å². The SMILES string of the molecule is O=C(NC1CCCCC1)O[C@@H]1CO[C@H]2[C@@H]1OC[C@@H]2[NH2+]Cc1ccco1. The second-order valence-electron chi connectivity index (χ2n) is 7.20. The van der Waals surface area contributed by atoms with E-state index in [4.69, 9.17) is 18.6 Å². The average Bonchev–Trinajstić information content (AvgIpc) is 3.33. The van der Waals surface area contributed by atoms with Crippen LogP contribution in [0.15, 0.2) is 22.8 Å². The van der Waals surface area contributed by atoms with Crippen molar-refractivity contribution in [3.05, 3.63) is 24.2 Å². The lowest BCUT2D eigenvalue weighted by Gasteiger charge is -2.24. The molecule has 0 unspecified atom stereocenters. The summed E-state index contributed by atoms with van der Waals surface area (Å²) in [5.41, 5.74) is 0. The molecule has 0 aromatic carbocycles. The van der Waals surface area contributed by atoms with Crippen molar-refractivity contribution < 1.29 is 28.7 Å². The maximum absolute atomic E-state index is 12.2. The van der Waals surface area contributed by atoms with Crippen LogP contribution in [0.2, 0.25) is 0 Å². The van der Waals surface area contributed by atoms with Gasteiger partial charge in [0.2, 0.25) is 0 Å². The van der Waals surface area contributed by atoms with E-state index < -0.39 is 0 Å². The molecule has 1 aromatic rings. The van der Waals surface area contributed by atoms with Gasteiger partial charge >= 0.3 is 6.09 Å². The first-order chi connectivity index (χ1) is 12.3. The predicted molar refractivity (Wildman–Crippen MR) is 87.9 cm³/mol. The van der Waals surface area contributed by atoms with Gasteiger partial charge in [-0.15, -0.1) is 0 Å². The molecule has 1 saturated carbocycles. The number of fused-ring (bicyclic) bond motifs is 1. The Labute approximate surface area is 147 Å². The molecule has 3 fully saturated rings. The predicted octanol–water partition coefficient (Wildman–Crippen LogP) is 0.937. The van der Waals surface area contributed by atoms with E-state index in [1.54, 1.807) is 6.26 Å². The molecule has 7 nitrogen and oxygen atoms in total. The molecular formula is C18H27N2O5+. The van der Waals surface area contributed by atoms with Gasteiger partial charge in [0.25, 0.3) is 0 Å². The van der Waals surface area contributed by atoms with Gasteiger partial charge < -0.3 is 29.3 Å². The molecule has 1 aliphatic carbocycles. The highest BCUT2D eigenvalue weighted by Crippen LogP contribution is 2.28. The standard InChI is InChI=1S/C18H26N2O5/c21-18(20-12-5-2-1-3-6-12)25-15-11-24-16-14(10-23-17(15)16)19-9-13-7-4-8-22-13/h4,7-8,12,14-17,19H,1-3,5-6,9-11H2,(H,20,21)/p+1/t14-,15+,16+,17+/m0/s1. The second-order valence-corrected chi connectivity index (χ2v) is 7.20. The lowest BCUT2D eigenvalue weighted by atomic mass is 9.96. The van der Waals surface area contributed by atoms with Crippen LogP contribution < -0.4 is 10.6 Å². The first-order valence-electron chi connectivity index (χ1n) is 9.35. The Morgan fingerprint density at radius 1 is 1.20 bits per heavy atom. The zero-order chi connectivity index (χ0) is 17.1. The number of hydrogen-bond donors (Lipinski definition) is 2. The van der Waals surface area contributed by atoms with Crippen molar-refractivity contribution in [2.24, 2.45) is 0 Å². The fourth-order valence-electron chi connectivity index (χ4n) is 4.08. The summed E-state index contributed by atoms with van der Waals surface area (Å²) in [6.07, 6.45) is 6.51. The molecule has 1 amide bonds. The second kappa shape index (κ2) is 7.76. The lowest BCUT2D eigenvalue weighted by Crippen LogP contribution is -2.91. The molecule has 1 aromatic heterocycles. The summed E-state index contributed by atoms with van der Waals surface area (Å²) in [5.74, 6) is 0.932. The lowest BCUT2D eigenvalue weighted by molar-refractivity contribution is -0.709. The molecule has 0 radical (unpaired) electrons. The molecule has 3 aliphatic rings. The third kappa shape index (κ3) is 3.99. The molecule has 0 spiro atoms. The maximum Gasteiger partial charge on any atom is 0.407 e. The summed E-state index contributed by atoms with van der Waals surface area (Å²) in [4.78, 5) is 12.2. The van der Waals surface area contributed by atoms with Crippen molar-refractivity contribution in [2.75, 3.05) is 13.2 Å². The van der Waals surface area contributed by atoms with Crippen LogP contribution in [0.1, 0.15) is 37.9 Å². The zero-order valence-electron chi connectivity index (χ0n) is 14.4. The quantitative estimate of drug-likeness (QED) is 0.824. The minimum atomic E-state index is -0.340. The number of rotatable bonds is 5. The largest absolute Gasteiger partial charge is 0.463 e. The Balaban J connectivity index is 1.24. The zero-order valence-corrected chi connectivity index (χ0v) is 14.4. The van der Waals surface area contributed by atoms with Crippen LogP contribution in [-0.2, 0) is 20.8 Å². The van der Waals surface area contributed by atoms with Gasteiger partial charge in [-0.05, 0) is 25.0 Å². The van der Waals surface area contributed by atoms with Crippen LogP contribution in [0.4, 0.5) is 4.79 Å². The number of alkyl carbamates (subject to hydrolysis) is 1. The summed E-state index contributed by atoms with van der Waals surface area (Å²) in [6.45, 7) is 1.75. The maximum atomic E-state index is 12.2. The molecule has 7 heteroatoms. The number of ether oxygens (including phenoxy) is 3. The number of nitrogens with two attached hydrogens (primary N) is 1. The molecule has 4 atom stereocenters. The first-order valence-corrected chi connectivity index (χ1v) is 9.35. The van der Waals surface area contributed by atoms with E-state index in [2.05, 4.69) is 10.6 Å². The number of amides is 1. The van der Waals surface area contributed by atoms with Gasteiger partial charge in [0, 0.05) is 6.04 Å². The third-order valence-corrected chi connectivity index (χ3v) is 5.43. The van der Waals surface area contributed by atoms with Gasteiger partial charge in [-0.1, -0.05) is 19.3 Å². The fourth-order valence-corrected chi connectivity index (χ4v) is 4.08. The van der Waals surface area contributed by atoms with Crippen molar-refractivity contribution >= 4 is 6.09 Å². The highest BCUT2D eigenvalue weighted by Gasteiger charge is 2.51. The average molecular weight is 351 g/mol. The van der Waals surface area contributed by atoms with Crippen molar-refractivity contribution in [1.29, 1.82) is 0 Å². The van der Waals surface area contributed by atoms with E-state index in [-0.39, 0.29) is 36.5 Å². The Morgan fingerprint density at radius 3 is 2.84 bits per heavy atom. The molecule has 138 valence electrons. The number of carbonyl (C=O) groups is 1. The number of nitrogens with one attached hydrogen (secondary N) is 1. The molecule has 25 heavy (non-hydrogen) atoms. The van der Waals surface area contributed by atoms with Crippen LogP contribution >= 0.6 is 0 Å². The van der Waals surface area contributed by atoms with Crippen LogP contribution in [0.25, 0.3) is 0 Å². The van der Waals surface area contributed by atoms with Crippen LogP contribution in [0.5, 0.6) is 0 Å². The van der Waals surface area contributed by atoms with Gasteiger partial charge in [-0.25, -0.2) is 4.79 Å². The fraction of sp³-hybridized carbons (Fsp3) is 0.722. The van der Waals surface area contributed by atoms with Crippen LogP contribution in [0, 0.1) is 0 Å². The minimum absolute atomic E-state index is 0.0394. The Kier molecular flexibility index (Phi) is 5.24. The molecule has 4 rings (SSSR count). The van der Waals surface area contributed by atoms with E-state index in [1.807, 2.05) is 12.1 Å². The molecular weight excluding hydrogens is 324 g/mol. The molecule has 2 saturated heterocycles. The summed E-state index contributed by atoms with van der Waals surface area (Å²) >= 11 is 0. The Hall–Kier alpha value is -1.57. The smallest absolute Gasteiger partial charge is 0.407 e. The van der Waals surface area contributed by atoms with E-state index in [0.29, 0.717) is 13.2 Å². The third-order valence-electron chi connectivity index (χ3n) is 5.43. The van der Waals surface area contributed by atoms with Gasteiger partial charge in [-0.3, -0.25) is 0 Å². The van der Waals surface area contributed by atoms with Crippen LogP contribution in [0.3, 0.4) is 0 Å². The number of furan rings is 1. The number of carbonyl (C=O) groups excluding carboxylic acids is 1. The van der Waals surface area contributed by atoms with Gasteiger partial charge in [-0.2, -0.15) is 0 Å². The van der Waals surface area contributed by atoms with Gasteiger partial charge in [0.05, 0.1) is 12.9 Å². The summed E-state index contributed by atoms with van der Waals surface area (Å²) in [6, 6.07) is 4.29. The molecule has 3 heterocycles.